The molecule has 1 fully saturated rings. The van der Waals surface area contributed by atoms with Crippen LogP contribution in [0, 0.1) is 0 Å². The minimum atomic E-state index is -6.09. The lowest BCUT2D eigenvalue weighted by atomic mass is 9.91. The Morgan fingerprint density at radius 1 is 1.15 bits per heavy atom. The minimum Gasteiger partial charge on any atom is -0.486 e. The zero-order chi connectivity index (χ0) is 19.7. The van der Waals surface area contributed by atoms with Crippen molar-refractivity contribution in [2.75, 3.05) is 0 Å². The molecule has 1 aromatic rings. The highest BCUT2D eigenvalue weighted by Gasteiger charge is 2.57. The van der Waals surface area contributed by atoms with Gasteiger partial charge in [-0.3, -0.25) is 0 Å². The van der Waals surface area contributed by atoms with Gasteiger partial charge < -0.3 is 14.6 Å². The molecular weight excluding hydrogens is 401 g/mol. The standard InChI is InChI=1S/C13H9F7O5S/c14-11(15)3-5(4-11)24-6-1-2-7(26(22,23)13(18,19)20)8-9(6)25-12(16,17)10(8)21/h1-2,5,10,21H,3-4H2. The molecule has 1 saturated carbocycles. The van der Waals surface area contributed by atoms with Gasteiger partial charge in [0, 0.05) is 12.8 Å². The molecule has 13 heteroatoms. The van der Waals surface area contributed by atoms with E-state index in [1.54, 1.807) is 0 Å². The number of hydrogen-bond acceptors (Lipinski definition) is 5. The Morgan fingerprint density at radius 3 is 2.23 bits per heavy atom. The molecule has 0 bridgehead atoms. The third-order valence-electron chi connectivity index (χ3n) is 3.89. The maximum atomic E-state index is 13.6. The lowest BCUT2D eigenvalue weighted by molar-refractivity contribution is -0.225. The lowest BCUT2D eigenvalue weighted by Gasteiger charge is -2.35. The highest BCUT2D eigenvalue weighted by atomic mass is 32.2. The van der Waals surface area contributed by atoms with Crippen LogP contribution in [-0.4, -0.2) is 37.2 Å². The number of ether oxygens (including phenoxy) is 2. The van der Waals surface area contributed by atoms with Gasteiger partial charge in [0.15, 0.2) is 17.6 Å². The summed E-state index contributed by atoms with van der Waals surface area (Å²) in [6.45, 7) is 0. The van der Waals surface area contributed by atoms with Crippen LogP contribution in [0.15, 0.2) is 17.0 Å². The van der Waals surface area contributed by atoms with E-state index in [1.807, 2.05) is 0 Å². The van der Waals surface area contributed by atoms with Crippen molar-refractivity contribution in [2.24, 2.45) is 0 Å². The number of halogens is 7. The predicted octanol–water partition coefficient (Wildman–Crippen LogP) is 3.18. The van der Waals surface area contributed by atoms with Gasteiger partial charge in [-0.15, -0.1) is 0 Å². The molecule has 1 atom stereocenters. The molecule has 0 spiro atoms. The number of aliphatic hydroxyl groups excluding tert-OH is 1. The molecule has 1 aromatic carbocycles. The molecule has 3 rings (SSSR count). The van der Waals surface area contributed by atoms with Gasteiger partial charge in [-0.1, -0.05) is 0 Å². The van der Waals surface area contributed by atoms with E-state index in [4.69, 9.17) is 4.74 Å². The molecule has 5 nitrogen and oxygen atoms in total. The van der Waals surface area contributed by atoms with Gasteiger partial charge in [0.05, 0.1) is 10.5 Å². The van der Waals surface area contributed by atoms with Crippen LogP contribution in [-0.2, 0) is 9.84 Å². The fraction of sp³-hybridized carbons (Fsp3) is 0.538. The Labute approximate surface area is 141 Å². The first-order valence-corrected chi connectivity index (χ1v) is 8.42. The average Bonchev–Trinajstić information content (AvgIpc) is 2.67. The molecule has 1 aliphatic heterocycles. The van der Waals surface area contributed by atoms with Gasteiger partial charge in [0.25, 0.3) is 15.8 Å². The van der Waals surface area contributed by atoms with E-state index in [1.165, 1.54) is 0 Å². The van der Waals surface area contributed by atoms with Crippen molar-refractivity contribution in [3.63, 3.8) is 0 Å². The van der Waals surface area contributed by atoms with Gasteiger partial charge in [0.2, 0.25) is 0 Å². The third kappa shape index (κ3) is 2.86. The van der Waals surface area contributed by atoms with Gasteiger partial charge in [-0.25, -0.2) is 17.2 Å². The zero-order valence-electron chi connectivity index (χ0n) is 12.4. The van der Waals surface area contributed by atoms with E-state index in [2.05, 4.69) is 4.74 Å². The molecule has 0 amide bonds. The number of hydrogen-bond donors (Lipinski definition) is 1. The fourth-order valence-corrected chi connectivity index (χ4v) is 3.60. The van der Waals surface area contributed by atoms with Crippen molar-refractivity contribution < 1.29 is 53.7 Å². The number of sulfone groups is 1. The fourth-order valence-electron chi connectivity index (χ4n) is 2.61. The van der Waals surface area contributed by atoms with Gasteiger partial charge in [-0.2, -0.15) is 22.0 Å². The van der Waals surface area contributed by atoms with Crippen LogP contribution in [0.5, 0.6) is 11.5 Å². The first-order chi connectivity index (χ1) is 11.7. The summed E-state index contributed by atoms with van der Waals surface area (Å²) in [6, 6.07) is 0.893. The van der Waals surface area contributed by atoms with Crippen LogP contribution in [0.4, 0.5) is 30.7 Å². The minimum absolute atomic E-state index is 0.307. The zero-order valence-corrected chi connectivity index (χ0v) is 13.2. The summed E-state index contributed by atoms with van der Waals surface area (Å²) in [5, 5.41) is 9.55. The summed E-state index contributed by atoms with van der Waals surface area (Å²) in [4.78, 5) is -1.63. The summed E-state index contributed by atoms with van der Waals surface area (Å²) in [7, 11) is -6.09. The monoisotopic (exact) mass is 410 g/mol. The van der Waals surface area contributed by atoms with Crippen molar-refractivity contribution in [3.8, 4) is 11.5 Å². The Bertz CT molecular complexity index is 841. The first-order valence-electron chi connectivity index (χ1n) is 6.93. The second-order valence-corrected chi connectivity index (χ2v) is 7.73. The van der Waals surface area contributed by atoms with E-state index in [0.717, 1.165) is 0 Å². The average molecular weight is 410 g/mol. The van der Waals surface area contributed by atoms with Crippen molar-refractivity contribution >= 4 is 9.84 Å². The molecule has 0 saturated heterocycles. The van der Waals surface area contributed by atoms with Crippen LogP contribution >= 0.6 is 0 Å². The van der Waals surface area contributed by atoms with Crippen LogP contribution in [0.2, 0.25) is 0 Å². The van der Waals surface area contributed by atoms with Crippen LogP contribution < -0.4 is 9.47 Å². The second-order valence-electron chi connectivity index (χ2n) is 5.82. The summed E-state index contributed by atoms with van der Waals surface area (Å²) in [5.74, 6) is -4.83. The Hall–Kier alpha value is -1.76. The molecule has 1 heterocycles. The molecule has 0 radical (unpaired) electrons. The summed E-state index contributed by atoms with van der Waals surface area (Å²) < 4.78 is 123. The molecule has 1 N–H and O–H groups in total. The molecule has 146 valence electrons. The van der Waals surface area contributed by atoms with Crippen molar-refractivity contribution in [2.45, 2.75) is 47.5 Å². The van der Waals surface area contributed by atoms with Crippen LogP contribution in [0.25, 0.3) is 0 Å². The number of fused-ring (bicyclic) bond motifs is 1. The molecule has 2 aliphatic rings. The number of rotatable bonds is 3. The van der Waals surface area contributed by atoms with E-state index < -0.39 is 74.4 Å². The lowest BCUT2D eigenvalue weighted by Crippen LogP contribution is -2.43. The predicted molar refractivity (Wildman–Crippen MR) is 68.8 cm³/mol. The van der Waals surface area contributed by atoms with E-state index >= 15 is 0 Å². The molecule has 0 aromatic heterocycles. The Balaban J connectivity index is 2.08. The van der Waals surface area contributed by atoms with E-state index in [0.29, 0.717) is 12.1 Å². The van der Waals surface area contributed by atoms with Gasteiger partial charge >= 0.3 is 11.6 Å². The summed E-state index contributed by atoms with van der Waals surface area (Å²) >= 11 is 0. The highest BCUT2D eigenvalue weighted by molar-refractivity contribution is 7.92. The summed E-state index contributed by atoms with van der Waals surface area (Å²) in [5.41, 5.74) is -7.16. The maximum Gasteiger partial charge on any atom is 0.501 e. The third-order valence-corrected chi connectivity index (χ3v) is 5.43. The van der Waals surface area contributed by atoms with Gasteiger partial charge in [0.1, 0.15) is 6.10 Å². The SMILES string of the molecule is O=S(=O)(c1ccc(OC2CC(F)(F)C2)c2c1C(O)C(F)(F)O2)C(F)(F)F. The maximum absolute atomic E-state index is 13.6. The number of alkyl halides is 7. The number of benzene rings is 1. The summed E-state index contributed by atoms with van der Waals surface area (Å²) in [6.07, 6.45) is -10.1. The normalized spacial score (nSPS) is 24.5. The quantitative estimate of drug-likeness (QED) is 0.776. The smallest absolute Gasteiger partial charge is 0.486 e. The first kappa shape index (κ1) is 19.0. The molecule has 1 aliphatic carbocycles. The molecular formula is C13H9F7O5S. The van der Waals surface area contributed by atoms with Crippen molar-refractivity contribution in [1.29, 1.82) is 0 Å². The second kappa shape index (κ2) is 5.38. The van der Waals surface area contributed by atoms with E-state index in [9.17, 15) is 44.3 Å². The van der Waals surface area contributed by atoms with Crippen molar-refractivity contribution in [3.05, 3.63) is 17.7 Å². The molecule has 1 unspecified atom stereocenters. The van der Waals surface area contributed by atoms with Crippen LogP contribution in [0.3, 0.4) is 0 Å². The topological polar surface area (TPSA) is 72.8 Å². The van der Waals surface area contributed by atoms with Gasteiger partial charge in [-0.05, 0) is 12.1 Å². The Kier molecular flexibility index (Phi) is 3.93. The largest absolute Gasteiger partial charge is 0.501 e. The molecule has 26 heavy (non-hydrogen) atoms. The van der Waals surface area contributed by atoms with E-state index in [-0.39, 0.29) is 0 Å². The Morgan fingerprint density at radius 2 is 1.73 bits per heavy atom. The van der Waals surface area contributed by atoms with Crippen LogP contribution in [0.1, 0.15) is 24.5 Å². The number of aliphatic hydroxyl groups is 1. The van der Waals surface area contributed by atoms with Crippen molar-refractivity contribution in [1.82, 2.24) is 0 Å². The highest BCUT2D eigenvalue weighted by Crippen LogP contribution is 2.54.